The van der Waals surface area contributed by atoms with Crippen molar-refractivity contribution in [3.8, 4) is 11.3 Å². The van der Waals surface area contributed by atoms with Gasteiger partial charge in [0, 0.05) is 27.2 Å². The minimum atomic E-state index is -3.40. The molecule has 1 aromatic heterocycles. The molecule has 1 amide bonds. The van der Waals surface area contributed by atoms with Crippen LogP contribution in [0.5, 0.6) is 0 Å². The number of hydrogen-bond acceptors (Lipinski definition) is 5. The van der Waals surface area contributed by atoms with Crippen LogP contribution in [0.25, 0.3) is 11.3 Å². The van der Waals surface area contributed by atoms with Crippen molar-refractivity contribution >= 4 is 48.1 Å². The van der Waals surface area contributed by atoms with Crippen molar-refractivity contribution in [1.82, 2.24) is 4.98 Å². The summed E-state index contributed by atoms with van der Waals surface area (Å²) in [6.07, 6.45) is 1.13. The second-order valence-corrected chi connectivity index (χ2v) is 9.51. The molecule has 8 heteroatoms. The summed E-state index contributed by atoms with van der Waals surface area (Å²) in [5.41, 5.74) is 2.57. The van der Waals surface area contributed by atoms with Crippen LogP contribution < -0.4 is 5.32 Å². The molecular weight excluding hydrogens is 436 g/mol. The van der Waals surface area contributed by atoms with Gasteiger partial charge >= 0.3 is 0 Å². The van der Waals surface area contributed by atoms with Crippen molar-refractivity contribution < 1.29 is 13.2 Å². The lowest BCUT2D eigenvalue weighted by atomic mass is 10.1. The van der Waals surface area contributed by atoms with E-state index in [1.807, 2.05) is 29.6 Å². The van der Waals surface area contributed by atoms with Gasteiger partial charge in [0.25, 0.3) is 5.91 Å². The number of rotatable bonds is 4. The zero-order valence-electron chi connectivity index (χ0n) is 14.0. The fourth-order valence-electron chi connectivity index (χ4n) is 2.42. The molecule has 0 saturated carbocycles. The lowest BCUT2D eigenvalue weighted by molar-refractivity contribution is 0.102. The quantitative estimate of drug-likeness (QED) is 0.632. The van der Waals surface area contributed by atoms with Crippen molar-refractivity contribution in [1.29, 1.82) is 0 Å². The maximum absolute atomic E-state index is 12.5. The summed E-state index contributed by atoms with van der Waals surface area (Å²) in [7, 11) is -3.40. The van der Waals surface area contributed by atoms with Gasteiger partial charge < -0.3 is 0 Å². The van der Waals surface area contributed by atoms with Gasteiger partial charge in [-0.1, -0.05) is 34.1 Å². The Kier molecular flexibility index (Phi) is 5.27. The number of nitrogens with zero attached hydrogens (tertiary/aromatic N) is 1. The standard InChI is InChI=1S/C18H15BrN2O3S2/c1-11-6-7-13(9-16(11)26(2,23)24)17(22)21-18-20-15(10-25-18)12-4-3-5-14(19)8-12/h3-10H,1-2H3,(H,20,21,22). The first-order valence-electron chi connectivity index (χ1n) is 7.57. The van der Waals surface area contributed by atoms with Crippen LogP contribution in [0.3, 0.4) is 0 Å². The topological polar surface area (TPSA) is 76.1 Å². The van der Waals surface area contributed by atoms with Crippen LogP contribution >= 0.6 is 27.3 Å². The normalized spacial score (nSPS) is 11.3. The van der Waals surface area contributed by atoms with Crippen molar-refractivity contribution in [2.45, 2.75) is 11.8 Å². The molecule has 0 aliphatic heterocycles. The zero-order valence-corrected chi connectivity index (χ0v) is 17.2. The molecule has 2 aromatic carbocycles. The first-order chi connectivity index (χ1) is 12.2. The Morgan fingerprint density at radius 3 is 2.65 bits per heavy atom. The molecule has 0 fully saturated rings. The van der Waals surface area contributed by atoms with E-state index in [9.17, 15) is 13.2 Å². The largest absolute Gasteiger partial charge is 0.298 e. The van der Waals surface area contributed by atoms with Crippen LogP contribution in [0.15, 0.2) is 57.2 Å². The summed E-state index contributed by atoms with van der Waals surface area (Å²) in [6.45, 7) is 1.70. The summed E-state index contributed by atoms with van der Waals surface area (Å²) >= 11 is 4.73. The van der Waals surface area contributed by atoms with E-state index in [1.54, 1.807) is 19.1 Å². The van der Waals surface area contributed by atoms with Gasteiger partial charge in [-0.05, 0) is 36.8 Å². The Labute approximate surface area is 164 Å². The van der Waals surface area contributed by atoms with Gasteiger partial charge in [-0.25, -0.2) is 13.4 Å². The lowest BCUT2D eigenvalue weighted by Crippen LogP contribution is -2.13. The highest BCUT2D eigenvalue weighted by Gasteiger charge is 2.16. The maximum atomic E-state index is 12.5. The first kappa shape index (κ1) is 18.8. The number of thiazole rings is 1. The molecule has 26 heavy (non-hydrogen) atoms. The summed E-state index contributed by atoms with van der Waals surface area (Å²) in [5.74, 6) is -0.398. The molecule has 0 atom stereocenters. The molecule has 0 radical (unpaired) electrons. The van der Waals surface area contributed by atoms with Gasteiger partial charge in [0.1, 0.15) is 0 Å². The number of hydrogen-bond donors (Lipinski definition) is 1. The van der Waals surface area contributed by atoms with Crippen LogP contribution in [-0.4, -0.2) is 25.6 Å². The van der Waals surface area contributed by atoms with Crippen LogP contribution in [0, 0.1) is 6.92 Å². The molecule has 0 unspecified atom stereocenters. The van der Waals surface area contributed by atoms with E-state index in [1.165, 1.54) is 17.4 Å². The van der Waals surface area contributed by atoms with Gasteiger partial charge in [0.05, 0.1) is 10.6 Å². The predicted molar refractivity (Wildman–Crippen MR) is 107 cm³/mol. The summed E-state index contributed by atoms with van der Waals surface area (Å²) in [6, 6.07) is 12.3. The molecular formula is C18H15BrN2O3S2. The highest BCUT2D eigenvalue weighted by molar-refractivity contribution is 9.10. The van der Waals surface area contributed by atoms with Crippen LogP contribution in [0.4, 0.5) is 5.13 Å². The Bertz CT molecular complexity index is 1090. The summed E-state index contributed by atoms with van der Waals surface area (Å²) in [5, 5.41) is 5.03. The fourth-order valence-corrected chi connectivity index (χ4v) is 4.53. The van der Waals surface area contributed by atoms with Crippen molar-refractivity contribution in [2.24, 2.45) is 0 Å². The molecule has 0 saturated heterocycles. The highest BCUT2D eigenvalue weighted by atomic mass is 79.9. The van der Waals surface area contributed by atoms with Crippen LogP contribution in [0.2, 0.25) is 0 Å². The number of aromatic nitrogens is 1. The van der Waals surface area contributed by atoms with Crippen molar-refractivity contribution in [3.63, 3.8) is 0 Å². The number of nitrogens with one attached hydrogen (secondary N) is 1. The number of amides is 1. The van der Waals surface area contributed by atoms with E-state index in [0.717, 1.165) is 22.0 Å². The number of carbonyl (C=O) groups is 1. The fraction of sp³-hybridized carbons (Fsp3) is 0.111. The molecule has 1 heterocycles. The third kappa shape index (κ3) is 4.20. The SMILES string of the molecule is Cc1ccc(C(=O)Nc2nc(-c3cccc(Br)c3)cs2)cc1S(C)(=O)=O. The minimum absolute atomic E-state index is 0.152. The average molecular weight is 451 g/mol. The van der Waals surface area contributed by atoms with E-state index in [2.05, 4.69) is 26.2 Å². The molecule has 3 rings (SSSR count). The van der Waals surface area contributed by atoms with E-state index < -0.39 is 15.7 Å². The Morgan fingerprint density at radius 2 is 1.96 bits per heavy atom. The summed E-state index contributed by atoms with van der Waals surface area (Å²) in [4.78, 5) is 17.0. The molecule has 0 aliphatic carbocycles. The van der Waals surface area contributed by atoms with E-state index in [4.69, 9.17) is 0 Å². The molecule has 0 bridgehead atoms. The number of halogens is 1. The number of sulfone groups is 1. The molecule has 0 aliphatic rings. The molecule has 3 aromatic rings. The monoisotopic (exact) mass is 450 g/mol. The summed E-state index contributed by atoms with van der Waals surface area (Å²) < 4.78 is 24.6. The van der Waals surface area contributed by atoms with Gasteiger partial charge in [0.15, 0.2) is 15.0 Å². The molecule has 5 nitrogen and oxygen atoms in total. The smallest absolute Gasteiger partial charge is 0.257 e. The third-order valence-corrected chi connectivity index (χ3v) is 6.18. The lowest BCUT2D eigenvalue weighted by Gasteiger charge is -2.07. The van der Waals surface area contributed by atoms with Gasteiger partial charge in [-0.3, -0.25) is 10.1 Å². The highest BCUT2D eigenvalue weighted by Crippen LogP contribution is 2.27. The third-order valence-electron chi connectivity index (χ3n) is 3.69. The average Bonchev–Trinajstić information content (AvgIpc) is 3.02. The van der Waals surface area contributed by atoms with Crippen molar-refractivity contribution in [3.05, 3.63) is 63.4 Å². The number of carbonyl (C=O) groups excluding carboxylic acids is 1. The van der Waals surface area contributed by atoms with E-state index in [0.29, 0.717) is 10.7 Å². The van der Waals surface area contributed by atoms with Crippen LogP contribution in [0.1, 0.15) is 15.9 Å². The van der Waals surface area contributed by atoms with Crippen molar-refractivity contribution in [2.75, 3.05) is 11.6 Å². The second-order valence-electron chi connectivity index (χ2n) is 5.75. The van der Waals surface area contributed by atoms with Crippen LogP contribution in [-0.2, 0) is 9.84 Å². The Balaban J connectivity index is 1.83. The number of benzene rings is 2. The van der Waals surface area contributed by atoms with Gasteiger partial charge in [0.2, 0.25) is 0 Å². The molecule has 134 valence electrons. The minimum Gasteiger partial charge on any atom is -0.298 e. The first-order valence-corrected chi connectivity index (χ1v) is 11.1. The van der Waals surface area contributed by atoms with E-state index in [-0.39, 0.29) is 10.5 Å². The molecule has 1 N–H and O–H groups in total. The number of anilines is 1. The number of aryl methyl sites for hydroxylation is 1. The zero-order chi connectivity index (χ0) is 18.9. The Hall–Kier alpha value is -2.03. The predicted octanol–water partition coefficient (Wildman–Crippen LogP) is 4.54. The van der Waals surface area contributed by atoms with Gasteiger partial charge in [-0.15, -0.1) is 11.3 Å². The van der Waals surface area contributed by atoms with Gasteiger partial charge in [-0.2, -0.15) is 0 Å². The molecule has 0 spiro atoms. The van der Waals surface area contributed by atoms with E-state index >= 15 is 0 Å². The second kappa shape index (κ2) is 7.30. The Morgan fingerprint density at radius 1 is 1.19 bits per heavy atom. The maximum Gasteiger partial charge on any atom is 0.257 e.